The normalized spacial score (nSPS) is 16.0. The van der Waals surface area contributed by atoms with Gasteiger partial charge in [-0.1, -0.05) is 59.6 Å². The number of hydrogen-bond acceptors (Lipinski definition) is 0. The second-order valence-corrected chi connectivity index (χ2v) is 5.01. The van der Waals surface area contributed by atoms with Gasteiger partial charge in [0.2, 0.25) is 0 Å². The predicted octanol–water partition coefficient (Wildman–Crippen LogP) is 4.81. The first-order valence-corrected chi connectivity index (χ1v) is 5.62. The van der Waals surface area contributed by atoms with Crippen LogP contribution >= 0.6 is 0 Å². The van der Waals surface area contributed by atoms with Gasteiger partial charge in [0.05, 0.1) is 0 Å². The van der Waals surface area contributed by atoms with Gasteiger partial charge in [0.25, 0.3) is 0 Å². The molecule has 0 aliphatic heterocycles. The molecule has 0 radical (unpaired) electrons. The Morgan fingerprint density at radius 3 is 2.08 bits per heavy atom. The molecule has 0 rings (SSSR count). The van der Waals surface area contributed by atoms with Crippen LogP contribution in [-0.4, -0.2) is 0 Å². The third-order valence-corrected chi connectivity index (χ3v) is 2.96. The van der Waals surface area contributed by atoms with Crippen molar-refractivity contribution in [1.29, 1.82) is 0 Å². The third-order valence-electron chi connectivity index (χ3n) is 2.96. The Morgan fingerprint density at radius 2 is 1.77 bits per heavy atom. The second kappa shape index (κ2) is 5.47. The fourth-order valence-corrected chi connectivity index (χ4v) is 1.51. The summed E-state index contributed by atoms with van der Waals surface area (Å²) in [6.45, 7) is 13.8. The average Bonchev–Trinajstić information content (AvgIpc) is 2.04. The molecule has 78 valence electrons. The maximum Gasteiger partial charge on any atom is -0.0183 e. The molecule has 0 aromatic heterocycles. The minimum atomic E-state index is 0.412. The van der Waals surface area contributed by atoms with Crippen molar-refractivity contribution in [2.24, 2.45) is 11.3 Å². The number of allylic oxidation sites excluding steroid dienone is 2. The minimum Gasteiger partial charge on any atom is -0.0851 e. The topological polar surface area (TPSA) is 0 Å². The van der Waals surface area contributed by atoms with Crippen LogP contribution in [0.1, 0.15) is 60.8 Å². The predicted molar refractivity (Wildman–Crippen MR) is 61.9 cm³/mol. The van der Waals surface area contributed by atoms with Crippen LogP contribution in [0.2, 0.25) is 0 Å². The minimum absolute atomic E-state index is 0.412. The van der Waals surface area contributed by atoms with E-state index in [4.69, 9.17) is 0 Å². The van der Waals surface area contributed by atoms with Gasteiger partial charge in [-0.05, 0) is 24.2 Å². The largest absolute Gasteiger partial charge is 0.0851 e. The monoisotopic (exact) mass is 182 g/mol. The Bertz CT molecular complexity index is 157. The maximum atomic E-state index is 2.44. The summed E-state index contributed by atoms with van der Waals surface area (Å²) in [7, 11) is 0. The molecule has 0 amide bonds. The van der Waals surface area contributed by atoms with Crippen molar-refractivity contribution >= 4 is 0 Å². The van der Waals surface area contributed by atoms with Gasteiger partial charge >= 0.3 is 0 Å². The summed E-state index contributed by atoms with van der Waals surface area (Å²) in [6, 6.07) is 0. The summed E-state index contributed by atoms with van der Waals surface area (Å²) < 4.78 is 0. The zero-order valence-corrected chi connectivity index (χ0v) is 10.3. The van der Waals surface area contributed by atoms with E-state index in [1.807, 2.05) is 0 Å². The molecular weight excluding hydrogens is 156 g/mol. The molecule has 0 N–H and O–H groups in total. The van der Waals surface area contributed by atoms with Crippen molar-refractivity contribution in [3.8, 4) is 0 Å². The van der Waals surface area contributed by atoms with E-state index >= 15 is 0 Å². The van der Waals surface area contributed by atoms with Crippen molar-refractivity contribution in [1.82, 2.24) is 0 Å². The first kappa shape index (κ1) is 12.7. The van der Waals surface area contributed by atoms with Gasteiger partial charge in [-0.25, -0.2) is 0 Å². The van der Waals surface area contributed by atoms with E-state index in [1.165, 1.54) is 19.3 Å². The highest BCUT2D eigenvalue weighted by Crippen LogP contribution is 2.33. The molecule has 1 atom stereocenters. The Morgan fingerprint density at radius 1 is 1.23 bits per heavy atom. The lowest BCUT2D eigenvalue weighted by atomic mass is 9.76. The molecule has 0 spiro atoms. The molecule has 0 heteroatoms. The maximum absolute atomic E-state index is 2.44. The van der Waals surface area contributed by atoms with E-state index in [9.17, 15) is 0 Å². The van der Waals surface area contributed by atoms with Gasteiger partial charge in [-0.2, -0.15) is 0 Å². The summed E-state index contributed by atoms with van der Waals surface area (Å²) in [5, 5.41) is 0. The highest BCUT2D eigenvalue weighted by molar-refractivity contribution is 5.08. The van der Waals surface area contributed by atoms with Crippen molar-refractivity contribution in [2.75, 3.05) is 0 Å². The molecule has 0 aliphatic rings. The lowest BCUT2D eigenvalue weighted by Crippen LogP contribution is -2.19. The lowest BCUT2D eigenvalue weighted by molar-refractivity contribution is 0.295. The lowest BCUT2D eigenvalue weighted by Gasteiger charge is -2.29. The molecule has 0 nitrogen and oxygen atoms in total. The zero-order valence-electron chi connectivity index (χ0n) is 10.3. The van der Waals surface area contributed by atoms with Crippen LogP contribution in [0.15, 0.2) is 11.6 Å². The van der Waals surface area contributed by atoms with Crippen LogP contribution in [-0.2, 0) is 0 Å². The Balaban J connectivity index is 4.40. The van der Waals surface area contributed by atoms with E-state index in [1.54, 1.807) is 5.57 Å². The van der Waals surface area contributed by atoms with Gasteiger partial charge < -0.3 is 0 Å². The highest BCUT2D eigenvalue weighted by Gasteiger charge is 2.21. The number of rotatable bonds is 4. The van der Waals surface area contributed by atoms with Crippen LogP contribution in [0.25, 0.3) is 0 Å². The van der Waals surface area contributed by atoms with E-state index in [0.717, 1.165) is 0 Å². The fourth-order valence-electron chi connectivity index (χ4n) is 1.51. The van der Waals surface area contributed by atoms with Crippen molar-refractivity contribution < 1.29 is 0 Å². The van der Waals surface area contributed by atoms with Gasteiger partial charge in [0.1, 0.15) is 0 Å². The van der Waals surface area contributed by atoms with Crippen LogP contribution in [0.4, 0.5) is 0 Å². The van der Waals surface area contributed by atoms with Crippen molar-refractivity contribution in [3.63, 3.8) is 0 Å². The molecule has 13 heavy (non-hydrogen) atoms. The molecule has 0 heterocycles. The summed E-state index contributed by atoms with van der Waals surface area (Å²) >= 11 is 0. The third kappa shape index (κ3) is 4.50. The second-order valence-electron chi connectivity index (χ2n) is 5.01. The Labute approximate surface area is 84.4 Å². The highest BCUT2D eigenvalue weighted by atomic mass is 14.3. The van der Waals surface area contributed by atoms with E-state index in [-0.39, 0.29) is 0 Å². The summed E-state index contributed by atoms with van der Waals surface area (Å²) in [6.07, 6.45) is 6.15. The molecule has 0 aliphatic carbocycles. The summed E-state index contributed by atoms with van der Waals surface area (Å²) in [4.78, 5) is 0. The summed E-state index contributed by atoms with van der Waals surface area (Å²) in [5.41, 5.74) is 2.05. The number of hydrogen-bond donors (Lipinski definition) is 0. The molecular formula is C13H26. The fraction of sp³-hybridized carbons (Fsp3) is 0.846. The molecule has 0 aromatic carbocycles. The molecule has 0 bridgehead atoms. The van der Waals surface area contributed by atoms with E-state index < -0.39 is 0 Å². The SMILES string of the molecule is CCCC=C(CC)C(C)C(C)(C)C. The first-order valence-electron chi connectivity index (χ1n) is 5.62. The molecule has 0 aromatic rings. The van der Waals surface area contributed by atoms with Crippen molar-refractivity contribution in [2.45, 2.75) is 60.8 Å². The van der Waals surface area contributed by atoms with Crippen molar-refractivity contribution in [3.05, 3.63) is 11.6 Å². The Kier molecular flexibility index (Phi) is 5.36. The molecule has 0 saturated heterocycles. The zero-order chi connectivity index (χ0) is 10.5. The van der Waals surface area contributed by atoms with Gasteiger partial charge in [-0.3, -0.25) is 0 Å². The van der Waals surface area contributed by atoms with E-state index in [0.29, 0.717) is 11.3 Å². The standard InChI is InChI=1S/C13H26/c1-7-9-10-12(8-2)11(3)13(4,5)6/h10-11H,7-9H2,1-6H3. The van der Waals surface area contributed by atoms with Crippen LogP contribution in [0.3, 0.4) is 0 Å². The average molecular weight is 182 g/mol. The van der Waals surface area contributed by atoms with Gasteiger partial charge in [0.15, 0.2) is 0 Å². The van der Waals surface area contributed by atoms with Crippen LogP contribution < -0.4 is 0 Å². The molecule has 0 fully saturated rings. The quantitative estimate of drug-likeness (QED) is 0.548. The Hall–Kier alpha value is -0.260. The summed E-state index contributed by atoms with van der Waals surface area (Å²) in [5.74, 6) is 0.712. The number of unbranched alkanes of at least 4 members (excludes halogenated alkanes) is 1. The smallest absolute Gasteiger partial charge is 0.0183 e. The van der Waals surface area contributed by atoms with Gasteiger partial charge in [0, 0.05) is 0 Å². The van der Waals surface area contributed by atoms with Crippen LogP contribution in [0.5, 0.6) is 0 Å². The van der Waals surface area contributed by atoms with Crippen LogP contribution in [0, 0.1) is 11.3 Å². The molecule has 0 saturated carbocycles. The van der Waals surface area contributed by atoms with E-state index in [2.05, 4.69) is 47.6 Å². The van der Waals surface area contributed by atoms with Gasteiger partial charge in [-0.15, -0.1) is 0 Å². The first-order chi connectivity index (χ1) is 5.93. The molecule has 1 unspecified atom stereocenters.